The summed E-state index contributed by atoms with van der Waals surface area (Å²) in [4.78, 5) is 22.9. The number of hydrogen-bond acceptors (Lipinski definition) is 2. The molecule has 1 fully saturated rings. The molecule has 3 unspecified atom stereocenters. The van der Waals surface area contributed by atoms with E-state index in [0.717, 1.165) is 6.42 Å². The van der Waals surface area contributed by atoms with Crippen molar-refractivity contribution in [3.05, 3.63) is 48.0 Å². The quantitative estimate of drug-likeness (QED) is 0.861. The highest BCUT2D eigenvalue weighted by Crippen LogP contribution is 2.49. The van der Waals surface area contributed by atoms with Gasteiger partial charge in [0, 0.05) is 18.9 Å². The molecule has 0 radical (unpaired) electrons. The first-order chi connectivity index (χ1) is 11.1. The van der Waals surface area contributed by atoms with Crippen LogP contribution in [0.25, 0.3) is 10.8 Å². The predicted octanol–water partition coefficient (Wildman–Crippen LogP) is 3.17. The number of amides is 1. The van der Waals surface area contributed by atoms with Crippen LogP contribution in [-0.4, -0.2) is 23.5 Å². The number of hydrogen-bond donors (Lipinski definition) is 2. The summed E-state index contributed by atoms with van der Waals surface area (Å²) in [7, 11) is 0. The number of rotatable bonds is 6. The van der Waals surface area contributed by atoms with Gasteiger partial charge in [-0.1, -0.05) is 49.4 Å². The van der Waals surface area contributed by atoms with Crippen LogP contribution in [0.5, 0.6) is 0 Å². The van der Waals surface area contributed by atoms with Gasteiger partial charge in [0.25, 0.3) is 0 Å². The van der Waals surface area contributed by atoms with Crippen molar-refractivity contribution in [2.24, 2.45) is 11.8 Å². The van der Waals surface area contributed by atoms with Crippen molar-refractivity contribution in [2.45, 2.75) is 25.7 Å². The number of aliphatic carboxylic acids is 1. The van der Waals surface area contributed by atoms with Gasteiger partial charge in [0.1, 0.15) is 0 Å². The summed E-state index contributed by atoms with van der Waals surface area (Å²) in [5, 5.41) is 14.1. The normalized spacial score (nSPS) is 20.9. The summed E-state index contributed by atoms with van der Waals surface area (Å²) in [6, 6.07) is 14.5. The maximum Gasteiger partial charge on any atom is 0.303 e. The molecular weight excluding hydrogens is 290 g/mol. The van der Waals surface area contributed by atoms with Crippen molar-refractivity contribution in [3.63, 3.8) is 0 Å². The molecule has 3 atom stereocenters. The van der Waals surface area contributed by atoms with Crippen LogP contribution in [0.1, 0.15) is 31.2 Å². The van der Waals surface area contributed by atoms with Crippen molar-refractivity contribution in [2.75, 3.05) is 6.54 Å². The standard InChI is InChI=1S/C19H21NO3/c1-12(9-18(21)22)11-20-19(23)17-10-16(17)15-8-4-6-13-5-2-3-7-14(13)15/h2-8,12,16-17H,9-11H2,1H3,(H,20,23)(H,21,22). The zero-order valence-electron chi connectivity index (χ0n) is 13.2. The number of carboxylic acids is 1. The average Bonchev–Trinajstić information content (AvgIpc) is 3.32. The Bertz CT molecular complexity index is 735. The molecule has 2 aromatic carbocycles. The van der Waals surface area contributed by atoms with E-state index in [1.165, 1.54) is 16.3 Å². The number of carbonyl (C=O) groups excluding carboxylic acids is 1. The molecule has 0 bridgehead atoms. The van der Waals surface area contributed by atoms with Gasteiger partial charge in [0.05, 0.1) is 0 Å². The summed E-state index contributed by atoms with van der Waals surface area (Å²) in [6.07, 6.45) is 0.949. The lowest BCUT2D eigenvalue weighted by atomic mass is 10.00. The minimum Gasteiger partial charge on any atom is -0.481 e. The highest BCUT2D eigenvalue weighted by Gasteiger charge is 2.44. The Morgan fingerprint density at radius 1 is 1.22 bits per heavy atom. The van der Waals surface area contributed by atoms with E-state index in [4.69, 9.17) is 5.11 Å². The van der Waals surface area contributed by atoms with Gasteiger partial charge in [0.2, 0.25) is 5.91 Å². The van der Waals surface area contributed by atoms with Crippen molar-refractivity contribution < 1.29 is 14.7 Å². The highest BCUT2D eigenvalue weighted by molar-refractivity contribution is 5.89. The van der Waals surface area contributed by atoms with Gasteiger partial charge in [-0.25, -0.2) is 0 Å². The summed E-state index contributed by atoms with van der Waals surface area (Å²) in [6.45, 7) is 2.26. The molecule has 120 valence electrons. The van der Waals surface area contributed by atoms with Crippen LogP contribution >= 0.6 is 0 Å². The van der Waals surface area contributed by atoms with Crippen LogP contribution in [0.3, 0.4) is 0 Å². The molecule has 1 aliphatic rings. The van der Waals surface area contributed by atoms with Gasteiger partial charge in [-0.05, 0) is 34.6 Å². The Kier molecular flexibility index (Phi) is 4.33. The zero-order valence-corrected chi connectivity index (χ0v) is 13.2. The molecule has 2 N–H and O–H groups in total. The molecule has 0 aliphatic heterocycles. The van der Waals surface area contributed by atoms with Gasteiger partial charge < -0.3 is 10.4 Å². The van der Waals surface area contributed by atoms with Crippen LogP contribution in [0.15, 0.2) is 42.5 Å². The molecule has 1 saturated carbocycles. The number of fused-ring (bicyclic) bond motifs is 1. The second kappa shape index (κ2) is 6.41. The minimum absolute atomic E-state index is 0.0119. The molecule has 23 heavy (non-hydrogen) atoms. The Morgan fingerprint density at radius 2 is 1.96 bits per heavy atom. The molecule has 2 aromatic rings. The van der Waals surface area contributed by atoms with E-state index in [1.54, 1.807) is 0 Å². The molecule has 0 saturated heterocycles. The number of carbonyl (C=O) groups is 2. The lowest BCUT2D eigenvalue weighted by Gasteiger charge is -2.10. The molecule has 0 aromatic heterocycles. The zero-order chi connectivity index (χ0) is 16.4. The third-order valence-corrected chi connectivity index (χ3v) is 4.50. The lowest BCUT2D eigenvalue weighted by molar-refractivity contribution is -0.138. The topological polar surface area (TPSA) is 66.4 Å². The Balaban J connectivity index is 1.62. The van der Waals surface area contributed by atoms with Crippen molar-refractivity contribution in [1.29, 1.82) is 0 Å². The van der Waals surface area contributed by atoms with Gasteiger partial charge >= 0.3 is 5.97 Å². The molecule has 0 heterocycles. The first-order valence-corrected chi connectivity index (χ1v) is 8.03. The smallest absolute Gasteiger partial charge is 0.303 e. The predicted molar refractivity (Wildman–Crippen MR) is 89.2 cm³/mol. The van der Waals surface area contributed by atoms with Crippen LogP contribution in [0.2, 0.25) is 0 Å². The summed E-state index contributed by atoms with van der Waals surface area (Å²) >= 11 is 0. The highest BCUT2D eigenvalue weighted by atomic mass is 16.4. The fourth-order valence-corrected chi connectivity index (χ4v) is 3.18. The Morgan fingerprint density at radius 3 is 2.74 bits per heavy atom. The molecule has 1 aliphatic carbocycles. The molecular formula is C19H21NO3. The lowest BCUT2D eigenvalue weighted by Crippen LogP contribution is -2.30. The van der Waals surface area contributed by atoms with Crippen molar-refractivity contribution >= 4 is 22.6 Å². The molecule has 0 spiro atoms. The van der Waals surface area contributed by atoms with Gasteiger partial charge in [-0.2, -0.15) is 0 Å². The summed E-state index contributed by atoms with van der Waals surface area (Å²) < 4.78 is 0. The summed E-state index contributed by atoms with van der Waals surface area (Å²) in [5.41, 5.74) is 1.24. The minimum atomic E-state index is -0.827. The van der Waals surface area contributed by atoms with Crippen LogP contribution in [0, 0.1) is 11.8 Å². The Hall–Kier alpha value is -2.36. The maximum atomic E-state index is 12.3. The average molecular weight is 311 g/mol. The second-order valence-electron chi connectivity index (χ2n) is 6.47. The molecule has 4 heteroatoms. The summed E-state index contributed by atoms with van der Waals surface area (Å²) in [5.74, 6) is -0.549. The van der Waals surface area contributed by atoms with Gasteiger partial charge in [-0.3, -0.25) is 9.59 Å². The number of carboxylic acid groups (broad SMARTS) is 1. The Labute approximate surface area is 135 Å². The molecule has 4 nitrogen and oxygen atoms in total. The van der Waals surface area contributed by atoms with Crippen LogP contribution < -0.4 is 5.32 Å². The van der Waals surface area contributed by atoms with E-state index < -0.39 is 5.97 Å². The first-order valence-electron chi connectivity index (χ1n) is 8.03. The van der Waals surface area contributed by atoms with E-state index in [9.17, 15) is 9.59 Å². The third kappa shape index (κ3) is 3.52. The van der Waals surface area contributed by atoms with Gasteiger partial charge in [-0.15, -0.1) is 0 Å². The molecule has 1 amide bonds. The van der Waals surface area contributed by atoms with E-state index >= 15 is 0 Å². The fourth-order valence-electron chi connectivity index (χ4n) is 3.18. The van der Waals surface area contributed by atoms with E-state index in [1.807, 2.05) is 25.1 Å². The first kappa shape index (κ1) is 15.5. The van der Waals surface area contributed by atoms with E-state index in [0.29, 0.717) is 6.54 Å². The fraction of sp³-hybridized carbons (Fsp3) is 0.368. The largest absolute Gasteiger partial charge is 0.481 e. The monoisotopic (exact) mass is 311 g/mol. The molecule has 3 rings (SSSR count). The number of nitrogens with one attached hydrogen (secondary N) is 1. The van der Waals surface area contributed by atoms with Crippen LogP contribution in [-0.2, 0) is 9.59 Å². The van der Waals surface area contributed by atoms with E-state index in [-0.39, 0.29) is 30.1 Å². The second-order valence-corrected chi connectivity index (χ2v) is 6.47. The van der Waals surface area contributed by atoms with Crippen molar-refractivity contribution in [3.8, 4) is 0 Å². The third-order valence-electron chi connectivity index (χ3n) is 4.50. The van der Waals surface area contributed by atoms with Crippen molar-refractivity contribution in [1.82, 2.24) is 5.32 Å². The van der Waals surface area contributed by atoms with Crippen LogP contribution in [0.4, 0.5) is 0 Å². The number of benzene rings is 2. The SMILES string of the molecule is CC(CNC(=O)C1CC1c1cccc2ccccc12)CC(=O)O. The van der Waals surface area contributed by atoms with E-state index in [2.05, 4.69) is 29.6 Å². The van der Waals surface area contributed by atoms with Gasteiger partial charge in [0.15, 0.2) is 0 Å². The maximum absolute atomic E-state index is 12.3.